The van der Waals surface area contributed by atoms with Gasteiger partial charge in [-0.3, -0.25) is 14.9 Å². The van der Waals surface area contributed by atoms with Crippen molar-refractivity contribution < 1.29 is 18.7 Å². The molecule has 4 aromatic rings. The van der Waals surface area contributed by atoms with Gasteiger partial charge in [-0.2, -0.15) is 10.4 Å². The Labute approximate surface area is 264 Å². The smallest absolute Gasteiger partial charge is 0.286 e. The molecule has 0 saturated heterocycles. The Morgan fingerprint density at radius 2 is 1.98 bits per heavy atom. The summed E-state index contributed by atoms with van der Waals surface area (Å²) in [4.78, 5) is 20.5. The highest BCUT2D eigenvalue weighted by Crippen LogP contribution is 2.51. The van der Waals surface area contributed by atoms with E-state index in [0.717, 1.165) is 61.8 Å². The molecule has 11 heteroatoms. The zero-order chi connectivity index (χ0) is 31.3. The molecule has 3 heterocycles. The van der Waals surface area contributed by atoms with Gasteiger partial charge >= 0.3 is 0 Å². The number of carbonyl (C=O) groups excluding carboxylic acids is 1. The van der Waals surface area contributed by atoms with Crippen LogP contribution in [0.25, 0.3) is 11.4 Å². The number of aromatic nitrogens is 4. The predicted octanol–water partition coefficient (Wildman–Crippen LogP) is 6.76. The highest BCUT2D eigenvalue weighted by Gasteiger charge is 2.44. The molecule has 7 rings (SSSR count). The van der Waals surface area contributed by atoms with Crippen LogP contribution in [0.5, 0.6) is 11.5 Å². The second kappa shape index (κ2) is 11.1. The van der Waals surface area contributed by atoms with Gasteiger partial charge in [0.2, 0.25) is 5.82 Å². The second-order valence-corrected chi connectivity index (χ2v) is 13.1. The lowest BCUT2D eigenvalue weighted by Crippen LogP contribution is -2.32. The number of nitrogens with two attached hydrogens (primary N) is 1. The Morgan fingerprint density at radius 1 is 1.18 bits per heavy atom. The molecule has 45 heavy (non-hydrogen) atoms. The maximum absolute atomic E-state index is 14.8. The molecule has 1 atom stereocenters. The molecule has 0 unspecified atom stereocenters. The van der Waals surface area contributed by atoms with Crippen LogP contribution in [-0.4, -0.2) is 26.1 Å². The van der Waals surface area contributed by atoms with Crippen molar-refractivity contribution in [3.05, 3.63) is 87.7 Å². The van der Waals surface area contributed by atoms with Crippen LogP contribution in [0.1, 0.15) is 84.4 Å². The van der Waals surface area contributed by atoms with Gasteiger partial charge in [0.15, 0.2) is 17.3 Å². The third-order valence-corrected chi connectivity index (χ3v) is 9.69. The molecule has 2 aromatic heterocycles. The lowest BCUT2D eigenvalue weighted by atomic mass is 9.76. The third-order valence-electron chi connectivity index (χ3n) is 9.46. The van der Waals surface area contributed by atoms with Crippen molar-refractivity contribution in [2.75, 3.05) is 0 Å². The Hall–Kier alpha value is -4.49. The van der Waals surface area contributed by atoms with Crippen LogP contribution in [0.15, 0.2) is 48.7 Å². The number of hydrogen-bond acceptors (Lipinski definition) is 7. The first kappa shape index (κ1) is 29.2. The van der Waals surface area contributed by atoms with Crippen LogP contribution in [0.2, 0.25) is 5.02 Å². The number of halogens is 2. The fourth-order valence-corrected chi connectivity index (χ4v) is 6.89. The van der Waals surface area contributed by atoms with Gasteiger partial charge in [0.05, 0.1) is 17.0 Å². The molecule has 2 aliphatic carbocycles. The number of rotatable bonds is 8. The first-order valence-electron chi connectivity index (χ1n) is 15.2. The molecule has 3 N–H and O–H groups in total. The van der Waals surface area contributed by atoms with Gasteiger partial charge in [0.1, 0.15) is 5.82 Å². The molecular formula is C34H32ClFN6O3. The molecule has 1 amide bonds. The predicted molar refractivity (Wildman–Crippen MR) is 164 cm³/mol. The molecule has 2 aromatic carbocycles. The first-order chi connectivity index (χ1) is 21.6. The van der Waals surface area contributed by atoms with Gasteiger partial charge in [0, 0.05) is 35.0 Å². The quantitative estimate of drug-likeness (QED) is 0.220. The van der Waals surface area contributed by atoms with Crippen molar-refractivity contribution in [1.82, 2.24) is 20.2 Å². The highest BCUT2D eigenvalue weighted by atomic mass is 35.5. The van der Waals surface area contributed by atoms with Gasteiger partial charge in [-0.25, -0.2) is 9.37 Å². The summed E-state index contributed by atoms with van der Waals surface area (Å²) in [5.74, 6) is -0.0920. The van der Waals surface area contributed by atoms with E-state index >= 15 is 0 Å². The summed E-state index contributed by atoms with van der Waals surface area (Å²) in [5.41, 5.74) is 9.08. The minimum Gasteiger partial charge on any atom is -0.444 e. The maximum Gasteiger partial charge on any atom is 0.286 e. The molecule has 3 aliphatic rings. The van der Waals surface area contributed by atoms with Crippen LogP contribution in [-0.2, 0) is 18.6 Å². The second-order valence-electron chi connectivity index (χ2n) is 12.6. The average molecular weight is 627 g/mol. The van der Waals surface area contributed by atoms with E-state index in [9.17, 15) is 14.4 Å². The Kier molecular flexibility index (Phi) is 7.24. The van der Waals surface area contributed by atoms with E-state index in [4.69, 9.17) is 31.8 Å². The topological polar surface area (TPSA) is 140 Å². The number of aromatic amines is 1. The number of para-hydroxylation sites is 1. The standard InChI is InChI=1S/C34H32ClFN6O3/c1-33(25-10-9-23(35)15-26(25)36)44-28-4-2-3-24(29(28)45-33)20-7-5-19(6-8-20)13-27-21(16-34(18-37)11-12-34)14-22(17-39-27)31-40-32(30(38)43)42-41-31/h2-4,9-10,14-15,17,19-20H,5-8,11-13,16H2,1H3,(H2,38,43)(H,40,41,42)/t19?,20?,33-/m1/s1. The van der Waals surface area contributed by atoms with E-state index in [1.54, 1.807) is 25.3 Å². The molecule has 230 valence electrons. The lowest BCUT2D eigenvalue weighted by Gasteiger charge is -2.30. The molecule has 0 radical (unpaired) electrons. The van der Waals surface area contributed by atoms with Gasteiger partial charge in [-0.05, 0) is 99.1 Å². The minimum atomic E-state index is -1.28. The fraction of sp³-hybridized carbons (Fsp3) is 0.382. The van der Waals surface area contributed by atoms with E-state index in [-0.39, 0.29) is 17.2 Å². The zero-order valence-electron chi connectivity index (χ0n) is 24.8. The van der Waals surface area contributed by atoms with Crippen molar-refractivity contribution in [2.24, 2.45) is 17.1 Å². The molecule has 0 bridgehead atoms. The minimum absolute atomic E-state index is 0.00846. The van der Waals surface area contributed by atoms with Crippen LogP contribution in [0.3, 0.4) is 0 Å². The summed E-state index contributed by atoms with van der Waals surface area (Å²) in [6, 6.07) is 14.9. The number of fused-ring (bicyclic) bond motifs is 1. The van der Waals surface area contributed by atoms with Gasteiger partial charge < -0.3 is 15.2 Å². The number of amides is 1. The molecule has 9 nitrogen and oxygen atoms in total. The number of H-pyrrole nitrogens is 1. The average Bonchev–Trinajstić information content (AvgIpc) is 3.44. The summed E-state index contributed by atoms with van der Waals surface area (Å²) >= 11 is 5.98. The van der Waals surface area contributed by atoms with Crippen molar-refractivity contribution in [2.45, 2.75) is 70.0 Å². The monoisotopic (exact) mass is 626 g/mol. The van der Waals surface area contributed by atoms with E-state index < -0.39 is 17.5 Å². The van der Waals surface area contributed by atoms with Gasteiger partial charge in [-0.1, -0.05) is 23.7 Å². The number of nitrogens with one attached hydrogen (secondary N) is 1. The van der Waals surface area contributed by atoms with E-state index in [1.165, 1.54) is 6.07 Å². The molecule has 0 spiro atoms. The molecule has 2 saturated carbocycles. The molecule has 1 aliphatic heterocycles. The number of hydrogen-bond donors (Lipinski definition) is 2. The van der Waals surface area contributed by atoms with Gasteiger partial charge in [0.25, 0.3) is 11.7 Å². The van der Waals surface area contributed by atoms with Crippen molar-refractivity contribution >= 4 is 17.5 Å². The van der Waals surface area contributed by atoms with Crippen LogP contribution in [0.4, 0.5) is 4.39 Å². The maximum atomic E-state index is 14.8. The molecule has 2 fully saturated rings. The highest BCUT2D eigenvalue weighted by molar-refractivity contribution is 6.30. The van der Waals surface area contributed by atoms with E-state index in [0.29, 0.717) is 45.8 Å². The van der Waals surface area contributed by atoms with Crippen LogP contribution >= 0.6 is 11.6 Å². The number of primary amides is 1. The first-order valence-corrected chi connectivity index (χ1v) is 15.6. The van der Waals surface area contributed by atoms with Crippen LogP contribution < -0.4 is 15.2 Å². The number of benzene rings is 2. The summed E-state index contributed by atoms with van der Waals surface area (Å²) < 4.78 is 27.4. The van der Waals surface area contributed by atoms with E-state index in [2.05, 4.69) is 27.3 Å². The number of nitriles is 1. The number of ether oxygens (including phenoxy) is 2. The zero-order valence-corrected chi connectivity index (χ0v) is 25.5. The van der Waals surface area contributed by atoms with Crippen LogP contribution in [0, 0.1) is 28.5 Å². The van der Waals surface area contributed by atoms with E-state index in [1.807, 2.05) is 18.2 Å². The van der Waals surface area contributed by atoms with Crippen molar-refractivity contribution in [3.63, 3.8) is 0 Å². The largest absolute Gasteiger partial charge is 0.444 e. The normalized spacial score (nSPS) is 23.0. The lowest BCUT2D eigenvalue weighted by molar-refractivity contribution is -0.0711. The van der Waals surface area contributed by atoms with Crippen molar-refractivity contribution in [3.8, 4) is 29.0 Å². The summed E-state index contributed by atoms with van der Waals surface area (Å²) in [6.07, 6.45) is 8.88. The Morgan fingerprint density at radius 3 is 2.67 bits per heavy atom. The SMILES string of the molecule is C[C@@]1(c2ccc(Cl)cc2F)Oc2cccc(C3CCC(Cc4ncc(-c5n[nH]c(C(N)=O)n5)cc4CC4(C#N)CC4)CC3)c2O1. The van der Waals surface area contributed by atoms with Crippen molar-refractivity contribution in [1.29, 1.82) is 5.26 Å². The third kappa shape index (κ3) is 5.61. The number of carbonyl (C=O) groups is 1. The summed E-state index contributed by atoms with van der Waals surface area (Å²) in [6.45, 7) is 1.73. The summed E-state index contributed by atoms with van der Waals surface area (Å²) in [5, 5.41) is 16.8. The number of pyridine rings is 1. The number of nitrogens with zero attached hydrogens (tertiary/aromatic N) is 4. The Bertz CT molecular complexity index is 1840. The summed E-state index contributed by atoms with van der Waals surface area (Å²) in [7, 11) is 0. The fourth-order valence-electron chi connectivity index (χ4n) is 6.73. The molecular weight excluding hydrogens is 595 g/mol. The van der Waals surface area contributed by atoms with Gasteiger partial charge in [-0.15, -0.1) is 0 Å². The Balaban J connectivity index is 1.07.